The Labute approximate surface area is 199 Å². The van der Waals surface area contributed by atoms with Crippen LogP contribution in [0.2, 0.25) is 0 Å². The van der Waals surface area contributed by atoms with Crippen molar-refractivity contribution < 1.29 is 4.79 Å². The van der Waals surface area contributed by atoms with E-state index in [9.17, 15) is 4.79 Å². The van der Waals surface area contributed by atoms with Gasteiger partial charge in [-0.1, -0.05) is 54.2 Å². The third kappa shape index (κ3) is 4.21. The van der Waals surface area contributed by atoms with Gasteiger partial charge >= 0.3 is 0 Å². The monoisotopic (exact) mass is 469 g/mol. The summed E-state index contributed by atoms with van der Waals surface area (Å²) in [6.45, 7) is 0.559. The van der Waals surface area contributed by atoms with Crippen molar-refractivity contribution >= 4 is 39.8 Å². The fourth-order valence-electron chi connectivity index (χ4n) is 3.77. The molecule has 5 rings (SSSR count). The highest BCUT2D eigenvalue weighted by atomic mass is 32.2. The third-order valence-corrected chi connectivity index (χ3v) is 7.07. The van der Waals surface area contributed by atoms with Crippen LogP contribution < -0.4 is 0 Å². The number of thioether (sulfide) groups is 1. The molecule has 0 radical (unpaired) electrons. The number of benzene rings is 2. The Bertz CT molecular complexity index is 1450. The number of thiophene rings is 1. The molecule has 0 aliphatic rings. The van der Waals surface area contributed by atoms with Crippen LogP contribution in [0.3, 0.4) is 0 Å². The maximum absolute atomic E-state index is 13.2. The third-order valence-electron chi connectivity index (χ3n) is 5.28. The van der Waals surface area contributed by atoms with E-state index in [2.05, 4.69) is 16.3 Å². The maximum atomic E-state index is 13.2. The van der Waals surface area contributed by atoms with Gasteiger partial charge < -0.3 is 4.57 Å². The molecule has 5 aromatic rings. The van der Waals surface area contributed by atoms with Crippen LogP contribution in [0.5, 0.6) is 0 Å². The molecule has 0 saturated heterocycles. The zero-order chi connectivity index (χ0) is 22.6. The Hall–Kier alpha value is -3.67. The summed E-state index contributed by atoms with van der Waals surface area (Å²) in [7, 11) is 0. The van der Waals surface area contributed by atoms with E-state index in [1.54, 1.807) is 11.3 Å². The first-order valence-corrected chi connectivity index (χ1v) is 12.3. The lowest BCUT2D eigenvalue weighted by atomic mass is 10.1. The van der Waals surface area contributed by atoms with E-state index in [1.165, 1.54) is 11.8 Å². The molecule has 0 unspecified atom stereocenters. The highest BCUT2D eigenvalue weighted by molar-refractivity contribution is 7.99. The van der Waals surface area contributed by atoms with Crippen molar-refractivity contribution in [1.82, 2.24) is 19.3 Å². The predicted molar refractivity (Wildman–Crippen MR) is 132 cm³/mol. The van der Waals surface area contributed by atoms with Gasteiger partial charge in [-0.25, -0.2) is 0 Å². The normalized spacial score (nSPS) is 11.0. The quantitative estimate of drug-likeness (QED) is 0.211. The number of ketones is 1. The molecule has 0 bridgehead atoms. The van der Waals surface area contributed by atoms with Crippen molar-refractivity contribution in [1.29, 1.82) is 5.26 Å². The largest absolute Gasteiger partial charge is 0.346 e. The summed E-state index contributed by atoms with van der Waals surface area (Å²) < 4.78 is 3.98. The van der Waals surface area contributed by atoms with E-state index in [-0.39, 0.29) is 11.5 Å². The minimum absolute atomic E-state index is 0.0205. The first-order chi connectivity index (χ1) is 16.3. The second kappa shape index (κ2) is 9.45. The number of rotatable bonds is 8. The maximum Gasteiger partial charge on any atom is 0.196 e. The second-order valence-corrected chi connectivity index (χ2v) is 9.22. The van der Waals surface area contributed by atoms with Crippen LogP contribution in [-0.2, 0) is 6.54 Å². The van der Waals surface area contributed by atoms with Gasteiger partial charge in [-0.05, 0) is 29.6 Å². The summed E-state index contributed by atoms with van der Waals surface area (Å²) in [5.74, 6) is 1.02. The summed E-state index contributed by atoms with van der Waals surface area (Å²) in [6, 6.07) is 23.9. The van der Waals surface area contributed by atoms with Gasteiger partial charge in [-0.3, -0.25) is 9.36 Å². The average Bonchev–Trinajstić information content (AvgIpc) is 3.60. The van der Waals surface area contributed by atoms with E-state index >= 15 is 0 Å². The summed E-state index contributed by atoms with van der Waals surface area (Å²) in [5.41, 5.74) is 2.59. The van der Waals surface area contributed by atoms with E-state index in [1.807, 2.05) is 87.4 Å². The van der Waals surface area contributed by atoms with Gasteiger partial charge in [0.2, 0.25) is 0 Å². The lowest BCUT2D eigenvalue weighted by Gasteiger charge is -2.09. The highest BCUT2D eigenvalue weighted by Gasteiger charge is 2.20. The molecule has 0 amide bonds. The van der Waals surface area contributed by atoms with Crippen LogP contribution in [0.1, 0.15) is 16.8 Å². The minimum Gasteiger partial charge on any atom is -0.346 e. The molecule has 162 valence electrons. The number of carbonyl (C=O) groups is 1. The second-order valence-electron chi connectivity index (χ2n) is 7.33. The zero-order valence-corrected chi connectivity index (χ0v) is 19.2. The Kier molecular flexibility index (Phi) is 6.07. The first-order valence-electron chi connectivity index (χ1n) is 10.4. The molecule has 0 atom stereocenters. The molecule has 0 aliphatic carbocycles. The summed E-state index contributed by atoms with van der Waals surface area (Å²) in [5, 5.41) is 21.4. The van der Waals surface area contributed by atoms with E-state index in [0.29, 0.717) is 23.7 Å². The van der Waals surface area contributed by atoms with Crippen molar-refractivity contribution in [2.24, 2.45) is 0 Å². The molecule has 0 saturated carbocycles. The van der Waals surface area contributed by atoms with Gasteiger partial charge in [0.1, 0.15) is 0 Å². The number of aryl methyl sites for hydroxylation is 1. The Morgan fingerprint density at radius 1 is 1.03 bits per heavy atom. The van der Waals surface area contributed by atoms with Gasteiger partial charge in [0.25, 0.3) is 0 Å². The van der Waals surface area contributed by atoms with Crippen molar-refractivity contribution in [3.05, 3.63) is 83.9 Å². The molecular formula is C25H19N5OS2. The van der Waals surface area contributed by atoms with Crippen LogP contribution in [0.15, 0.2) is 83.5 Å². The number of nitrogens with zero attached hydrogens (tertiary/aromatic N) is 5. The SMILES string of the molecule is N#CCCn1cc(C(=O)CSc2nnc(-c3cccs3)n2-c2ccccc2)c2ccccc21. The van der Waals surface area contributed by atoms with Gasteiger partial charge in [-0.2, -0.15) is 5.26 Å². The number of nitriles is 1. The van der Waals surface area contributed by atoms with Crippen LogP contribution >= 0.6 is 23.1 Å². The highest BCUT2D eigenvalue weighted by Crippen LogP contribution is 2.31. The first kappa shape index (κ1) is 21.2. The van der Waals surface area contributed by atoms with Crippen molar-refractivity contribution in [3.8, 4) is 22.5 Å². The molecule has 0 N–H and O–H groups in total. The number of hydrogen-bond acceptors (Lipinski definition) is 6. The number of fused-ring (bicyclic) bond motifs is 1. The molecule has 0 aliphatic heterocycles. The Morgan fingerprint density at radius 2 is 1.85 bits per heavy atom. The Balaban J connectivity index is 1.45. The lowest BCUT2D eigenvalue weighted by Crippen LogP contribution is -2.04. The smallest absolute Gasteiger partial charge is 0.196 e. The van der Waals surface area contributed by atoms with E-state index < -0.39 is 0 Å². The molecule has 6 nitrogen and oxygen atoms in total. The standard InChI is InChI=1S/C25H19N5OS2/c26-13-7-14-29-16-20(19-10-4-5-11-21(19)29)22(31)17-33-25-28-27-24(23-12-6-15-32-23)30(25)18-8-2-1-3-9-18/h1-6,8-12,15-16H,7,14,17H2. The molecule has 2 aromatic carbocycles. The minimum atomic E-state index is 0.0205. The number of aromatic nitrogens is 4. The molecule has 3 heterocycles. The fraction of sp³-hybridized carbons (Fsp3) is 0.120. The molecule has 0 spiro atoms. The molecule has 0 fully saturated rings. The van der Waals surface area contributed by atoms with Crippen LogP contribution in [0, 0.1) is 11.3 Å². The molecule has 8 heteroatoms. The number of hydrogen-bond donors (Lipinski definition) is 0. The van der Waals surface area contributed by atoms with E-state index in [4.69, 9.17) is 5.26 Å². The lowest BCUT2D eigenvalue weighted by molar-refractivity contribution is 0.102. The summed E-state index contributed by atoms with van der Waals surface area (Å²) >= 11 is 2.99. The van der Waals surface area contributed by atoms with Gasteiger partial charge in [-0.15, -0.1) is 21.5 Å². The van der Waals surface area contributed by atoms with Crippen molar-refractivity contribution in [2.45, 2.75) is 18.1 Å². The van der Waals surface area contributed by atoms with Gasteiger partial charge in [0.15, 0.2) is 16.8 Å². The molecular weight excluding hydrogens is 450 g/mol. The number of Topliss-reactive ketones (excluding diaryl/α,β-unsaturated/α-hetero) is 1. The van der Waals surface area contributed by atoms with Crippen LogP contribution in [-0.4, -0.2) is 30.9 Å². The topological polar surface area (TPSA) is 76.5 Å². The summed E-state index contributed by atoms with van der Waals surface area (Å²) in [6.07, 6.45) is 2.26. The van der Waals surface area contributed by atoms with Gasteiger partial charge in [0.05, 0.1) is 23.1 Å². The van der Waals surface area contributed by atoms with Crippen molar-refractivity contribution in [2.75, 3.05) is 5.75 Å². The predicted octanol–water partition coefficient (Wildman–Crippen LogP) is 5.84. The van der Waals surface area contributed by atoms with Gasteiger partial charge in [0, 0.05) is 34.9 Å². The van der Waals surface area contributed by atoms with Crippen molar-refractivity contribution in [3.63, 3.8) is 0 Å². The average molecular weight is 470 g/mol. The molecule has 33 heavy (non-hydrogen) atoms. The zero-order valence-electron chi connectivity index (χ0n) is 17.6. The summed E-state index contributed by atoms with van der Waals surface area (Å²) in [4.78, 5) is 14.3. The fourth-order valence-corrected chi connectivity index (χ4v) is 5.30. The number of para-hydroxylation sites is 2. The Morgan fingerprint density at radius 3 is 2.64 bits per heavy atom. The van der Waals surface area contributed by atoms with Crippen LogP contribution in [0.4, 0.5) is 0 Å². The number of carbonyl (C=O) groups excluding carboxylic acids is 1. The molecule has 3 aromatic heterocycles. The van der Waals surface area contributed by atoms with E-state index in [0.717, 1.165) is 27.3 Å². The van der Waals surface area contributed by atoms with Crippen LogP contribution in [0.25, 0.3) is 27.3 Å².